The molecule has 0 saturated heterocycles. The molecule has 1 amide bonds. The summed E-state index contributed by atoms with van der Waals surface area (Å²) in [5.41, 5.74) is 1.70. The lowest BCUT2D eigenvalue weighted by molar-refractivity contribution is 0.0937. The Morgan fingerprint density at radius 3 is 2.87 bits per heavy atom. The lowest BCUT2D eigenvalue weighted by Crippen LogP contribution is -2.35. The lowest BCUT2D eigenvalue weighted by atomic mass is 10.1. The summed E-state index contributed by atoms with van der Waals surface area (Å²) in [4.78, 5) is 16.4. The van der Waals surface area contributed by atoms with Crippen molar-refractivity contribution in [2.45, 2.75) is 19.5 Å². The number of nitrogens with one attached hydrogen (secondary N) is 2. The van der Waals surface area contributed by atoms with E-state index < -0.39 is 0 Å². The Labute approximate surface area is 132 Å². The lowest BCUT2D eigenvalue weighted by Gasteiger charge is -2.14. The number of aromatic nitrogens is 4. The van der Waals surface area contributed by atoms with Gasteiger partial charge < -0.3 is 9.88 Å². The van der Waals surface area contributed by atoms with Crippen LogP contribution in [0.1, 0.15) is 17.3 Å². The molecule has 3 rings (SSSR count). The minimum absolute atomic E-state index is 0.0762. The van der Waals surface area contributed by atoms with E-state index in [2.05, 4.69) is 20.5 Å². The molecule has 0 saturated carbocycles. The molecule has 118 valence electrons. The van der Waals surface area contributed by atoms with Crippen LogP contribution in [0.2, 0.25) is 0 Å². The maximum atomic E-state index is 13.0. The van der Waals surface area contributed by atoms with Crippen molar-refractivity contribution in [1.82, 2.24) is 25.1 Å². The van der Waals surface area contributed by atoms with Crippen LogP contribution in [-0.4, -0.2) is 31.7 Å². The van der Waals surface area contributed by atoms with Gasteiger partial charge in [0, 0.05) is 30.5 Å². The zero-order valence-corrected chi connectivity index (χ0v) is 12.5. The fourth-order valence-electron chi connectivity index (χ4n) is 2.35. The minimum atomic E-state index is -0.326. The first-order valence-electron chi connectivity index (χ1n) is 7.19. The van der Waals surface area contributed by atoms with Crippen molar-refractivity contribution in [2.75, 3.05) is 0 Å². The Balaban J connectivity index is 1.73. The van der Waals surface area contributed by atoms with Gasteiger partial charge in [-0.3, -0.25) is 9.89 Å². The predicted octanol–water partition coefficient (Wildman–Crippen LogP) is 2.23. The number of amides is 1. The van der Waals surface area contributed by atoms with Gasteiger partial charge in [-0.2, -0.15) is 5.10 Å². The van der Waals surface area contributed by atoms with Crippen molar-refractivity contribution >= 4 is 5.91 Å². The zero-order chi connectivity index (χ0) is 16.2. The Bertz CT molecular complexity index is 779. The van der Waals surface area contributed by atoms with Crippen LogP contribution in [0.15, 0.2) is 49.2 Å². The number of hydrogen-bond donors (Lipinski definition) is 2. The highest BCUT2D eigenvalue weighted by molar-refractivity contribution is 5.99. The summed E-state index contributed by atoms with van der Waals surface area (Å²) in [5, 5.41) is 9.64. The summed E-state index contributed by atoms with van der Waals surface area (Å²) in [7, 11) is 0. The SMILES string of the molecule is CC(Cn1ccnc1)NC(=O)c1cn[nH]c1-c1ccc(F)cc1. The number of halogens is 1. The maximum Gasteiger partial charge on any atom is 0.255 e. The second-order valence-electron chi connectivity index (χ2n) is 5.30. The molecule has 6 nitrogen and oxygen atoms in total. The summed E-state index contributed by atoms with van der Waals surface area (Å²) in [6.07, 6.45) is 6.70. The third-order valence-corrected chi connectivity index (χ3v) is 3.44. The predicted molar refractivity (Wildman–Crippen MR) is 83.1 cm³/mol. The van der Waals surface area contributed by atoms with E-state index in [9.17, 15) is 9.18 Å². The molecule has 0 aliphatic rings. The van der Waals surface area contributed by atoms with Crippen molar-refractivity contribution in [2.24, 2.45) is 0 Å². The molecule has 1 unspecified atom stereocenters. The second-order valence-corrected chi connectivity index (χ2v) is 5.30. The van der Waals surface area contributed by atoms with Crippen molar-refractivity contribution in [3.05, 3.63) is 60.6 Å². The van der Waals surface area contributed by atoms with E-state index in [-0.39, 0.29) is 17.8 Å². The summed E-state index contributed by atoms with van der Waals surface area (Å²) in [6.45, 7) is 2.53. The van der Waals surface area contributed by atoms with Gasteiger partial charge in [0.25, 0.3) is 5.91 Å². The van der Waals surface area contributed by atoms with E-state index in [0.29, 0.717) is 23.4 Å². The molecule has 2 heterocycles. The van der Waals surface area contributed by atoms with Gasteiger partial charge in [0.2, 0.25) is 0 Å². The number of carbonyl (C=O) groups is 1. The van der Waals surface area contributed by atoms with Gasteiger partial charge in [-0.15, -0.1) is 0 Å². The molecular weight excluding hydrogens is 297 g/mol. The van der Waals surface area contributed by atoms with Crippen LogP contribution < -0.4 is 5.32 Å². The van der Waals surface area contributed by atoms with Crippen LogP contribution >= 0.6 is 0 Å². The van der Waals surface area contributed by atoms with Crippen molar-refractivity contribution in [3.8, 4) is 11.3 Å². The summed E-state index contributed by atoms with van der Waals surface area (Å²) < 4.78 is 14.9. The number of H-pyrrole nitrogens is 1. The smallest absolute Gasteiger partial charge is 0.255 e. The molecule has 2 aromatic heterocycles. The monoisotopic (exact) mass is 313 g/mol. The van der Waals surface area contributed by atoms with E-state index in [1.807, 2.05) is 17.7 Å². The third-order valence-electron chi connectivity index (χ3n) is 3.44. The topological polar surface area (TPSA) is 75.6 Å². The molecule has 1 atom stereocenters. The number of hydrogen-bond acceptors (Lipinski definition) is 3. The van der Waals surface area contributed by atoms with Crippen LogP contribution in [0, 0.1) is 5.82 Å². The zero-order valence-electron chi connectivity index (χ0n) is 12.5. The normalized spacial score (nSPS) is 12.1. The molecular formula is C16H16FN5O. The van der Waals surface area contributed by atoms with Crippen molar-refractivity contribution < 1.29 is 9.18 Å². The Morgan fingerprint density at radius 1 is 1.39 bits per heavy atom. The fraction of sp³-hybridized carbons (Fsp3) is 0.188. The number of benzene rings is 1. The molecule has 0 spiro atoms. The fourth-order valence-corrected chi connectivity index (χ4v) is 2.35. The molecule has 2 N–H and O–H groups in total. The van der Waals surface area contributed by atoms with Crippen molar-refractivity contribution in [3.63, 3.8) is 0 Å². The van der Waals surface area contributed by atoms with Gasteiger partial charge in [0.1, 0.15) is 5.82 Å². The highest BCUT2D eigenvalue weighted by atomic mass is 19.1. The number of rotatable bonds is 5. The van der Waals surface area contributed by atoms with Crippen LogP contribution in [0.4, 0.5) is 4.39 Å². The van der Waals surface area contributed by atoms with Gasteiger partial charge >= 0.3 is 0 Å². The minimum Gasteiger partial charge on any atom is -0.348 e. The quantitative estimate of drug-likeness (QED) is 0.758. The summed E-state index contributed by atoms with van der Waals surface area (Å²) in [5.74, 6) is -0.557. The number of carbonyl (C=O) groups excluding carboxylic acids is 1. The molecule has 0 bridgehead atoms. The van der Waals surface area contributed by atoms with Crippen molar-refractivity contribution in [1.29, 1.82) is 0 Å². The molecule has 23 heavy (non-hydrogen) atoms. The molecule has 0 fully saturated rings. The first-order chi connectivity index (χ1) is 11.1. The van der Waals surface area contributed by atoms with Crippen LogP contribution in [0.3, 0.4) is 0 Å². The van der Waals surface area contributed by atoms with E-state index in [0.717, 1.165) is 0 Å². The Hall–Kier alpha value is -2.96. The van der Waals surface area contributed by atoms with Gasteiger partial charge in [0.15, 0.2) is 0 Å². The summed E-state index contributed by atoms with van der Waals surface area (Å²) >= 11 is 0. The largest absolute Gasteiger partial charge is 0.348 e. The van der Waals surface area contributed by atoms with E-state index in [1.165, 1.54) is 18.3 Å². The van der Waals surface area contributed by atoms with E-state index >= 15 is 0 Å². The second kappa shape index (κ2) is 6.43. The number of nitrogens with zero attached hydrogens (tertiary/aromatic N) is 3. The molecule has 0 aliphatic carbocycles. The average molecular weight is 313 g/mol. The van der Waals surface area contributed by atoms with Gasteiger partial charge in [-0.1, -0.05) is 0 Å². The Morgan fingerprint density at radius 2 is 2.17 bits per heavy atom. The van der Waals surface area contributed by atoms with Crippen LogP contribution in [0.5, 0.6) is 0 Å². The molecule has 7 heteroatoms. The molecule has 0 aliphatic heterocycles. The van der Waals surface area contributed by atoms with Gasteiger partial charge in [-0.05, 0) is 31.2 Å². The van der Waals surface area contributed by atoms with Gasteiger partial charge in [0.05, 0.1) is 23.8 Å². The first kappa shape index (κ1) is 15.0. The average Bonchev–Trinajstić information content (AvgIpc) is 3.19. The Kier molecular flexibility index (Phi) is 4.18. The molecule has 3 aromatic rings. The van der Waals surface area contributed by atoms with E-state index in [4.69, 9.17) is 0 Å². The third kappa shape index (κ3) is 3.45. The molecule has 0 radical (unpaired) electrons. The van der Waals surface area contributed by atoms with Crippen LogP contribution in [-0.2, 0) is 6.54 Å². The summed E-state index contributed by atoms with van der Waals surface area (Å²) in [6, 6.07) is 5.83. The van der Waals surface area contributed by atoms with Gasteiger partial charge in [-0.25, -0.2) is 9.37 Å². The first-order valence-corrected chi connectivity index (χ1v) is 7.19. The highest BCUT2D eigenvalue weighted by Crippen LogP contribution is 2.21. The number of imidazole rings is 1. The molecule has 1 aromatic carbocycles. The highest BCUT2D eigenvalue weighted by Gasteiger charge is 2.17. The standard InChI is InChI=1S/C16H16FN5O/c1-11(9-22-7-6-18-10-22)20-16(23)14-8-19-21-15(14)12-2-4-13(17)5-3-12/h2-8,10-11H,9H2,1H3,(H,19,21)(H,20,23). The van der Waals surface area contributed by atoms with Crippen LogP contribution in [0.25, 0.3) is 11.3 Å². The number of aromatic amines is 1. The maximum absolute atomic E-state index is 13.0. The van der Waals surface area contributed by atoms with E-state index in [1.54, 1.807) is 24.7 Å².